The van der Waals surface area contributed by atoms with Crippen molar-refractivity contribution in [2.45, 2.75) is 18.9 Å². The number of nitrogens with two attached hydrogens (primary N) is 1. The summed E-state index contributed by atoms with van der Waals surface area (Å²) in [6, 6.07) is 3.48. The monoisotopic (exact) mass is 334 g/mol. The fourth-order valence-electron chi connectivity index (χ4n) is 3.35. The quantitative estimate of drug-likeness (QED) is 0.847. The molecule has 3 rings (SSSR count). The lowest BCUT2D eigenvalue weighted by Crippen LogP contribution is -2.38. The molecule has 3 heterocycles. The van der Waals surface area contributed by atoms with Crippen molar-refractivity contribution in [2.75, 3.05) is 33.3 Å². The zero-order valence-corrected chi connectivity index (χ0v) is 14.0. The van der Waals surface area contributed by atoms with E-state index in [4.69, 9.17) is 10.5 Å². The van der Waals surface area contributed by atoms with Crippen molar-refractivity contribution in [1.29, 1.82) is 0 Å². The average Bonchev–Trinajstić information content (AvgIpc) is 2.87. The molecule has 0 amide bonds. The van der Waals surface area contributed by atoms with Crippen LogP contribution in [0.3, 0.4) is 0 Å². The number of fused-ring (bicyclic) bond motifs is 1. The summed E-state index contributed by atoms with van der Waals surface area (Å²) in [6.07, 6.45) is 1.72. The van der Waals surface area contributed by atoms with Gasteiger partial charge in [0.1, 0.15) is 5.82 Å². The Hall–Kier alpha value is -1.83. The van der Waals surface area contributed by atoms with Crippen molar-refractivity contribution >= 4 is 11.0 Å². The second kappa shape index (κ2) is 6.58. The van der Waals surface area contributed by atoms with Crippen LogP contribution in [-0.2, 0) is 6.42 Å². The number of likely N-dealkylation sites (tertiary alicyclic amines) is 1. The molecule has 24 heavy (non-hydrogen) atoms. The van der Waals surface area contributed by atoms with E-state index in [1.54, 1.807) is 19.1 Å². The molecule has 2 aromatic rings. The summed E-state index contributed by atoms with van der Waals surface area (Å²) in [5.41, 5.74) is 6.62. The van der Waals surface area contributed by atoms with Crippen LogP contribution in [-0.4, -0.2) is 58.9 Å². The minimum absolute atomic E-state index is 0.0368. The molecule has 0 bridgehead atoms. The average molecular weight is 334 g/mol. The Labute approximate surface area is 140 Å². The van der Waals surface area contributed by atoms with Crippen molar-refractivity contribution < 1.29 is 14.2 Å². The molecule has 6 nitrogen and oxygen atoms in total. The largest absolute Gasteiger partial charge is 0.481 e. The molecule has 2 atom stereocenters. The number of pyridine rings is 2. The Balaban J connectivity index is 1.81. The van der Waals surface area contributed by atoms with Gasteiger partial charge >= 0.3 is 0 Å². The van der Waals surface area contributed by atoms with Gasteiger partial charge in [0.05, 0.1) is 29.9 Å². The van der Waals surface area contributed by atoms with Gasteiger partial charge in [0.2, 0.25) is 5.88 Å². The molecule has 2 unspecified atom stereocenters. The van der Waals surface area contributed by atoms with Gasteiger partial charge in [0, 0.05) is 37.2 Å². The van der Waals surface area contributed by atoms with E-state index < -0.39 is 5.60 Å². The number of methoxy groups -OCH3 is 1. The molecule has 0 aromatic carbocycles. The van der Waals surface area contributed by atoms with Gasteiger partial charge in [-0.25, -0.2) is 9.37 Å². The molecule has 0 saturated carbocycles. The highest BCUT2D eigenvalue weighted by atomic mass is 19.1. The third kappa shape index (κ3) is 3.19. The Bertz CT molecular complexity index is 738. The van der Waals surface area contributed by atoms with Crippen LogP contribution in [0.4, 0.5) is 4.39 Å². The summed E-state index contributed by atoms with van der Waals surface area (Å²) in [4.78, 5) is 10.5. The van der Waals surface area contributed by atoms with E-state index in [0.717, 1.165) is 0 Å². The first-order valence-corrected chi connectivity index (χ1v) is 8.07. The van der Waals surface area contributed by atoms with Crippen LogP contribution in [0.2, 0.25) is 0 Å². The van der Waals surface area contributed by atoms with Crippen LogP contribution >= 0.6 is 0 Å². The van der Waals surface area contributed by atoms with Gasteiger partial charge < -0.3 is 15.6 Å². The first kappa shape index (κ1) is 17.0. The summed E-state index contributed by atoms with van der Waals surface area (Å²) in [7, 11) is 1.53. The molecule has 1 fully saturated rings. The van der Waals surface area contributed by atoms with E-state index in [0.29, 0.717) is 55.1 Å². The van der Waals surface area contributed by atoms with E-state index in [-0.39, 0.29) is 11.7 Å². The van der Waals surface area contributed by atoms with Crippen molar-refractivity contribution in [3.63, 3.8) is 0 Å². The molecule has 1 aliphatic heterocycles. The van der Waals surface area contributed by atoms with E-state index in [2.05, 4.69) is 14.9 Å². The molecule has 1 saturated heterocycles. The maximum absolute atomic E-state index is 14.3. The lowest BCUT2D eigenvalue weighted by Gasteiger charge is -2.22. The number of β-amino-alcohol motifs (C(OH)–C–C–N with tert-alkyl or cyclic N) is 1. The number of rotatable bonds is 5. The van der Waals surface area contributed by atoms with Gasteiger partial charge in [-0.05, 0) is 26.0 Å². The summed E-state index contributed by atoms with van der Waals surface area (Å²) < 4.78 is 19.4. The highest BCUT2D eigenvalue weighted by Gasteiger charge is 2.40. The zero-order valence-electron chi connectivity index (χ0n) is 14.0. The summed E-state index contributed by atoms with van der Waals surface area (Å²) in [6.45, 7) is 4.12. The minimum Gasteiger partial charge on any atom is -0.481 e. The molecule has 3 N–H and O–H groups in total. The Morgan fingerprint density at radius 3 is 2.96 bits per heavy atom. The standard InChI is InChI=1S/C17H23FN4O2/c1-17(23)10-22(9-11(17)7-19)6-5-12-13(18)8-20-14-3-4-15(24-2)21-16(12)14/h3-4,8,11,23H,5-7,9-10,19H2,1-2H3. The van der Waals surface area contributed by atoms with E-state index in [1.165, 1.54) is 13.3 Å². The van der Waals surface area contributed by atoms with Crippen LogP contribution in [0.1, 0.15) is 12.5 Å². The lowest BCUT2D eigenvalue weighted by molar-refractivity contribution is 0.0337. The lowest BCUT2D eigenvalue weighted by atomic mass is 9.93. The molecule has 2 aromatic heterocycles. The maximum Gasteiger partial charge on any atom is 0.213 e. The number of aliphatic hydroxyl groups is 1. The first-order chi connectivity index (χ1) is 11.4. The van der Waals surface area contributed by atoms with Gasteiger partial charge in [-0.2, -0.15) is 0 Å². The normalized spacial score (nSPS) is 24.6. The highest BCUT2D eigenvalue weighted by molar-refractivity contribution is 5.78. The predicted octanol–water partition coefficient (Wildman–Crippen LogP) is 0.962. The number of hydrogen-bond donors (Lipinski definition) is 2. The van der Waals surface area contributed by atoms with Crippen LogP contribution in [0.25, 0.3) is 11.0 Å². The van der Waals surface area contributed by atoms with Crippen molar-refractivity contribution in [3.05, 3.63) is 29.7 Å². The minimum atomic E-state index is -0.797. The van der Waals surface area contributed by atoms with Crippen molar-refractivity contribution in [1.82, 2.24) is 14.9 Å². The Morgan fingerprint density at radius 1 is 1.50 bits per heavy atom. The molecule has 0 radical (unpaired) electrons. The number of nitrogens with zero attached hydrogens (tertiary/aromatic N) is 3. The SMILES string of the molecule is COc1ccc2ncc(F)c(CCN3CC(CN)C(C)(O)C3)c2n1. The topological polar surface area (TPSA) is 84.5 Å². The maximum atomic E-state index is 14.3. The van der Waals surface area contributed by atoms with Gasteiger partial charge in [-0.15, -0.1) is 0 Å². The number of halogens is 1. The van der Waals surface area contributed by atoms with Crippen LogP contribution < -0.4 is 10.5 Å². The van der Waals surface area contributed by atoms with Crippen LogP contribution in [0.5, 0.6) is 5.88 Å². The second-order valence-electron chi connectivity index (χ2n) is 6.58. The molecular weight excluding hydrogens is 311 g/mol. The van der Waals surface area contributed by atoms with Crippen LogP contribution in [0.15, 0.2) is 18.3 Å². The third-order valence-electron chi connectivity index (χ3n) is 4.81. The van der Waals surface area contributed by atoms with E-state index in [9.17, 15) is 9.50 Å². The van der Waals surface area contributed by atoms with Crippen LogP contribution in [0, 0.1) is 11.7 Å². The Kier molecular flexibility index (Phi) is 4.67. The fraction of sp³-hybridized carbons (Fsp3) is 0.529. The smallest absolute Gasteiger partial charge is 0.213 e. The molecule has 1 aliphatic rings. The fourth-order valence-corrected chi connectivity index (χ4v) is 3.35. The molecule has 0 spiro atoms. The van der Waals surface area contributed by atoms with Gasteiger partial charge in [-0.1, -0.05) is 0 Å². The molecule has 7 heteroatoms. The Morgan fingerprint density at radius 2 is 2.29 bits per heavy atom. The highest BCUT2D eigenvalue weighted by Crippen LogP contribution is 2.27. The molecular formula is C17H23FN4O2. The van der Waals surface area contributed by atoms with Crippen molar-refractivity contribution in [3.8, 4) is 5.88 Å². The van der Waals surface area contributed by atoms with Crippen molar-refractivity contribution in [2.24, 2.45) is 11.7 Å². The first-order valence-electron chi connectivity index (χ1n) is 8.07. The van der Waals surface area contributed by atoms with Gasteiger partial charge in [0.25, 0.3) is 0 Å². The van der Waals surface area contributed by atoms with E-state index >= 15 is 0 Å². The second-order valence-corrected chi connectivity index (χ2v) is 6.58. The number of hydrogen-bond acceptors (Lipinski definition) is 6. The summed E-state index contributed by atoms with van der Waals surface area (Å²) in [5.74, 6) is 0.0998. The zero-order chi connectivity index (χ0) is 17.3. The number of ether oxygens (including phenoxy) is 1. The predicted molar refractivity (Wildman–Crippen MR) is 89.4 cm³/mol. The molecule has 130 valence electrons. The summed E-state index contributed by atoms with van der Waals surface area (Å²) in [5, 5.41) is 10.4. The van der Waals surface area contributed by atoms with Gasteiger partial charge in [0.15, 0.2) is 0 Å². The number of aromatic nitrogens is 2. The van der Waals surface area contributed by atoms with Gasteiger partial charge in [-0.3, -0.25) is 9.88 Å². The summed E-state index contributed by atoms with van der Waals surface area (Å²) >= 11 is 0. The van der Waals surface area contributed by atoms with E-state index in [1.807, 2.05) is 0 Å². The molecule has 0 aliphatic carbocycles. The third-order valence-corrected chi connectivity index (χ3v) is 4.81.